The predicted octanol–water partition coefficient (Wildman–Crippen LogP) is 3.63. The van der Waals surface area contributed by atoms with Gasteiger partial charge in [-0.1, -0.05) is 33.6 Å². The Labute approximate surface area is 127 Å². The highest BCUT2D eigenvalue weighted by Gasteiger charge is 2.30. The van der Waals surface area contributed by atoms with Crippen LogP contribution in [-0.4, -0.2) is 30.1 Å². The van der Waals surface area contributed by atoms with Crippen molar-refractivity contribution < 1.29 is 9.53 Å². The van der Waals surface area contributed by atoms with Gasteiger partial charge in [-0.15, -0.1) is 0 Å². The monoisotopic (exact) mass is 345 g/mol. The van der Waals surface area contributed by atoms with Crippen LogP contribution >= 0.6 is 27.5 Å². The Morgan fingerprint density at radius 2 is 2.26 bits per heavy atom. The summed E-state index contributed by atoms with van der Waals surface area (Å²) in [6.07, 6.45) is 2.29. The largest absolute Gasteiger partial charge is 0.465 e. The molecule has 1 aliphatic rings. The Kier molecular flexibility index (Phi) is 5.25. The maximum absolute atomic E-state index is 11.6. The fourth-order valence-corrected chi connectivity index (χ4v) is 2.73. The molecule has 0 radical (unpaired) electrons. The lowest BCUT2D eigenvalue weighted by molar-refractivity contribution is -0.144. The van der Waals surface area contributed by atoms with Gasteiger partial charge in [0.2, 0.25) is 0 Å². The van der Waals surface area contributed by atoms with E-state index in [1.54, 1.807) is 0 Å². The number of hydrogen-bond acceptors (Lipinski definition) is 3. The first kappa shape index (κ1) is 14.8. The van der Waals surface area contributed by atoms with E-state index in [0.29, 0.717) is 25.7 Å². The predicted molar refractivity (Wildman–Crippen MR) is 79.2 cm³/mol. The zero-order valence-electron chi connectivity index (χ0n) is 10.9. The first-order chi connectivity index (χ1) is 9.10. The third kappa shape index (κ3) is 4.48. The second kappa shape index (κ2) is 6.73. The number of ether oxygens (including phenoxy) is 1. The molecule has 0 N–H and O–H groups in total. The molecule has 0 atom stereocenters. The summed E-state index contributed by atoms with van der Waals surface area (Å²) in [4.78, 5) is 13.8. The molecule has 0 spiro atoms. The number of rotatable bonds is 6. The molecule has 0 bridgehead atoms. The van der Waals surface area contributed by atoms with Crippen LogP contribution < -0.4 is 0 Å². The average Bonchev–Trinajstić information content (AvgIpc) is 3.16. The van der Waals surface area contributed by atoms with Gasteiger partial charge < -0.3 is 4.74 Å². The molecule has 1 fully saturated rings. The number of halogens is 2. The lowest BCUT2D eigenvalue weighted by atomic mass is 10.2. The van der Waals surface area contributed by atoms with Gasteiger partial charge in [0, 0.05) is 22.1 Å². The van der Waals surface area contributed by atoms with Crippen LogP contribution in [0.5, 0.6) is 0 Å². The number of esters is 1. The quantitative estimate of drug-likeness (QED) is 0.737. The van der Waals surface area contributed by atoms with Crippen molar-refractivity contribution in [2.45, 2.75) is 32.4 Å². The summed E-state index contributed by atoms with van der Waals surface area (Å²) < 4.78 is 5.98. The van der Waals surface area contributed by atoms with E-state index in [4.69, 9.17) is 16.3 Å². The highest BCUT2D eigenvalue weighted by atomic mass is 79.9. The van der Waals surface area contributed by atoms with E-state index < -0.39 is 0 Å². The Morgan fingerprint density at radius 3 is 2.84 bits per heavy atom. The second-order valence-electron chi connectivity index (χ2n) is 4.68. The van der Waals surface area contributed by atoms with E-state index >= 15 is 0 Å². The molecule has 0 unspecified atom stereocenters. The van der Waals surface area contributed by atoms with Gasteiger partial charge in [0.05, 0.1) is 13.2 Å². The summed E-state index contributed by atoms with van der Waals surface area (Å²) in [6.45, 7) is 3.28. The van der Waals surface area contributed by atoms with Gasteiger partial charge in [-0.05, 0) is 37.5 Å². The topological polar surface area (TPSA) is 29.5 Å². The maximum atomic E-state index is 11.6. The van der Waals surface area contributed by atoms with Gasteiger partial charge >= 0.3 is 5.97 Å². The number of carbonyl (C=O) groups is 1. The van der Waals surface area contributed by atoms with Crippen molar-refractivity contribution in [1.29, 1.82) is 0 Å². The standard InChI is InChI=1S/C14H17BrClNO2/c1-2-19-14(18)9-17(12-5-6-12)8-10-3-4-11(15)7-13(10)16/h3-4,7,12H,2,5-6,8-9H2,1H3. The van der Waals surface area contributed by atoms with Crippen molar-refractivity contribution >= 4 is 33.5 Å². The zero-order valence-corrected chi connectivity index (χ0v) is 13.2. The van der Waals surface area contributed by atoms with Crippen LogP contribution in [0.3, 0.4) is 0 Å². The normalized spacial score (nSPS) is 14.7. The minimum Gasteiger partial charge on any atom is -0.465 e. The first-order valence-electron chi connectivity index (χ1n) is 6.43. The summed E-state index contributed by atoms with van der Waals surface area (Å²) in [5.74, 6) is -0.164. The third-order valence-electron chi connectivity index (χ3n) is 3.09. The summed E-state index contributed by atoms with van der Waals surface area (Å²) in [5, 5.41) is 0.726. The molecule has 0 aromatic heterocycles. The Bertz CT molecular complexity index is 463. The van der Waals surface area contributed by atoms with Crippen molar-refractivity contribution in [1.82, 2.24) is 4.90 Å². The van der Waals surface area contributed by atoms with Crippen LogP contribution in [0.1, 0.15) is 25.3 Å². The minimum absolute atomic E-state index is 0.164. The summed E-state index contributed by atoms with van der Waals surface area (Å²) in [5.41, 5.74) is 1.04. The molecule has 19 heavy (non-hydrogen) atoms. The smallest absolute Gasteiger partial charge is 0.320 e. The van der Waals surface area contributed by atoms with Gasteiger partial charge in [-0.3, -0.25) is 9.69 Å². The molecule has 3 nitrogen and oxygen atoms in total. The maximum Gasteiger partial charge on any atom is 0.320 e. The fourth-order valence-electron chi connectivity index (χ4n) is 1.99. The SMILES string of the molecule is CCOC(=O)CN(Cc1ccc(Br)cc1Cl)C1CC1. The van der Waals surface area contributed by atoms with E-state index in [1.807, 2.05) is 25.1 Å². The molecule has 0 amide bonds. The molecular formula is C14H17BrClNO2. The molecule has 5 heteroatoms. The third-order valence-corrected chi connectivity index (χ3v) is 3.93. The molecule has 1 aliphatic carbocycles. The van der Waals surface area contributed by atoms with E-state index in [1.165, 1.54) is 0 Å². The van der Waals surface area contributed by atoms with Gasteiger partial charge in [0.1, 0.15) is 0 Å². The van der Waals surface area contributed by atoms with Crippen LogP contribution in [0.25, 0.3) is 0 Å². The Balaban J connectivity index is 2.02. The summed E-state index contributed by atoms with van der Waals surface area (Å²) in [7, 11) is 0. The van der Waals surface area contributed by atoms with E-state index in [0.717, 1.165) is 27.9 Å². The lowest BCUT2D eigenvalue weighted by Crippen LogP contribution is -2.32. The molecule has 1 saturated carbocycles. The second-order valence-corrected chi connectivity index (χ2v) is 6.00. The molecular weight excluding hydrogens is 330 g/mol. The van der Waals surface area contributed by atoms with E-state index in [9.17, 15) is 4.79 Å². The minimum atomic E-state index is -0.164. The Morgan fingerprint density at radius 1 is 1.53 bits per heavy atom. The number of hydrogen-bond donors (Lipinski definition) is 0. The molecule has 1 aromatic rings. The molecule has 0 saturated heterocycles. The van der Waals surface area contributed by atoms with Crippen LogP contribution in [0.4, 0.5) is 0 Å². The van der Waals surface area contributed by atoms with Gasteiger partial charge in [-0.2, -0.15) is 0 Å². The van der Waals surface area contributed by atoms with Gasteiger partial charge in [-0.25, -0.2) is 0 Å². The van der Waals surface area contributed by atoms with Crippen molar-refractivity contribution in [3.63, 3.8) is 0 Å². The number of benzene rings is 1. The van der Waals surface area contributed by atoms with Crippen molar-refractivity contribution in [2.75, 3.05) is 13.2 Å². The van der Waals surface area contributed by atoms with Crippen molar-refractivity contribution in [3.8, 4) is 0 Å². The van der Waals surface area contributed by atoms with Crippen LogP contribution in [-0.2, 0) is 16.1 Å². The highest BCUT2D eigenvalue weighted by Crippen LogP contribution is 2.30. The molecule has 2 rings (SSSR count). The highest BCUT2D eigenvalue weighted by molar-refractivity contribution is 9.10. The van der Waals surface area contributed by atoms with Gasteiger partial charge in [0.15, 0.2) is 0 Å². The fraction of sp³-hybridized carbons (Fsp3) is 0.500. The van der Waals surface area contributed by atoms with Crippen molar-refractivity contribution in [3.05, 3.63) is 33.3 Å². The number of nitrogens with zero attached hydrogens (tertiary/aromatic N) is 1. The van der Waals surface area contributed by atoms with Gasteiger partial charge in [0.25, 0.3) is 0 Å². The van der Waals surface area contributed by atoms with Crippen LogP contribution in [0.2, 0.25) is 5.02 Å². The van der Waals surface area contributed by atoms with Crippen LogP contribution in [0.15, 0.2) is 22.7 Å². The zero-order chi connectivity index (χ0) is 13.8. The summed E-state index contributed by atoms with van der Waals surface area (Å²) >= 11 is 9.62. The van der Waals surface area contributed by atoms with E-state index in [-0.39, 0.29) is 5.97 Å². The molecule has 1 aromatic carbocycles. The summed E-state index contributed by atoms with van der Waals surface area (Å²) in [6, 6.07) is 6.33. The van der Waals surface area contributed by atoms with Crippen LogP contribution in [0, 0.1) is 0 Å². The van der Waals surface area contributed by atoms with E-state index in [2.05, 4.69) is 20.8 Å². The average molecular weight is 347 g/mol. The number of carbonyl (C=O) groups excluding carboxylic acids is 1. The first-order valence-corrected chi connectivity index (χ1v) is 7.61. The lowest BCUT2D eigenvalue weighted by Gasteiger charge is -2.21. The Hall–Kier alpha value is -0.580. The molecule has 104 valence electrons. The molecule has 0 heterocycles. The van der Waals surface area contributed by atoms with Crippen molar-refractivity contribution in [2.24, 2.45) is 0 Å². The molecule has 0 aliphatic heterocycles.